The number of hydrogen-bond acceptors (Lipinski definition) is 5. The lowest BCUT2D eigenvalue weighted by Gasteiger charge is -2.10. The zero-order valence-corrected chi connectivity index (χ0v) is 13.3. The van der Waals surface area contributed by atoms with Crippen LogP contribution < -0.4 is 16.4 Å². The lowest BCUT2D eigenvalue weighted by Crippen LogP contribution is -2.15. The van der Waals surface area contributed by atoms with Crippen molar-refractivity contribution in [2.75, 3.05) is 23.0 Å². The predicted octanol–water partition coefficient (Wildman–Crippen LogP) is 3.41. The highest BCUT2D eigenvalue weighted by molar-refractivity contribution is 5.88. The second-order valence-electron chi connectivity index (χ2n) is 4.45. The number of carbonyl (C=O) groups excluding carboxylic acids is 1. The summed E-state index contributed by atoms with van der Waals surface area (Å²) in [6.45, 7) is 2.47. The maximum Gasteiger partial charge on any atom is 0.411 e. The molecule has 1 aromatic carbocycles. The lowest BCUT2D eigenvalue weighted by molar-refractivity contribution is 0.168. The maximum atomic E-state index is 12.8. The van der Waals surface area contributed by atoms with Gasteiger partial charge in [-0.15, -0.1) is 12.4 Å². The first-order valence-corrected chi connectivity index (χ1v) is 6.77. The van der Waals surface area contributed by atoms with Crippen molar-refractivity contribution in [2.24, 2.45) is 0 Å². The second-order valence-corrected chi connectivity index (χ2v) is 4.45. The third-order valence-electron chi connectivity index (χ3n) is 2.82. The number of halogens is 2. The van der Waals surface area contributed by atoms with Crippen LogP contribution in [0, 0.1) is 5.82 Å². The minimum atomic E-state index is -0.581. The highest BCUT2D eigenvalue weighted by Crippen LogP contribution is 2.19. The van der Waals surface area contributed by atoms with Crippen molar-refractivity contribution in [3.8, 4) is 0 Å². The van der Waals surface area contributed by atoms with Crippen LogP contribution in [-0.4, -0.2) is 17.7 Å². The van der Waals surface area contributed by atoms with Crippen molar-refractivity contribution in [3.05, 3.63) is 47.8 Å². The molecule has 23 heavy (non-hydrogen) atoms. The number of nitrogens with two attached hydrogens (primary N) is 1. The van der Waals surface area contributed by atoms with Crippen molar-refractivity contribution < 1.29 is 13.9 Å². The Hall–Kier alpha value is -2.54. The molecule has 2 rings (SSSR count). The fourth-order valence-electron chi connectivity index (χ4n) is 1.75. The van der Waals surface area contributed by atoms with Gasteiger partial charge in [0.2, 0.25) is 0 Å². The summed E-state index contributed by atoms with van der Waals surface area (Å²) >= 11 is 0. The number of aromatic nitrogens is 1. The molecule has 124 valence electrons. The number of pyridine rings is 1. The molecule has 0 aliphatic rings. The van der Waals surface area contributed by atoms with Crippen molar-refractivity contribution in [2.45, 2.75) is 13.5 Å². The topological polar surface area (TPSA) is 89.3 Å². The summed E-state index contributed by atoms with van der Waals surface area (Å²) in [6, 6.07) is 9.47. The second kappa shape index (κ2) is 8.79. The first-order chi connectivity index (χ1) is 10.6. The van der Waals surface area contributed by atoms with Gasteiger partial charge in [-0.1, -0.05) is 12.1 Å². The molecule has 0 saturated heterocycles. The highest BCUT2D eigenvalue weighted by Gasteiger charge is 2.07. The molecule has 1 aromatic heterocycles. The lowest BCUT2D eigenvalue weighted by atomic mass is 10.2. The van der Waals surface area contributed by atoms with Crippen molar-refractivity contribution in [1.29, 1.82) is 0 Å². The van der Waals surface area contributed by atoms with Gasteiger partial charge in [0.15, 0.2) is 0 Å². The number of hydrogen-bond donors (Lipinski definition) is 3. The predicted molar refractivity (Wildman–Crippen MR) is 90.3 cm³/mol. The van der Waals surface area contributed by atoms with E-state index in [2.05, 4.69) is 15.6 Å². The molecule has 0 aliphatic heterocycles. The van der Waals surface area contributed by atoms with E-state index in [9.17, 15) is 9.18 Å². The van der Waals surface area contributed by atoms with E-state index in [0.29, 0.717) is 18.1 Å². The van der Waals surface area contributed by atoms with Gasteiger partial charge >= 0.3 is 6.09 Å². The molecule has 0 radical (unpaired) electrons. The summed E-state index contributed by atoms with van der Waals surface area (Å²) in [5.41, 5.74) is 7.08. The van der Waals surface area contributed by atoms with Crippen LogP contribution in [0.1, 0.15) is 12.5 Å². The fraction of sp³-hybridized carbons (Fsp3) is 0.200. The van der Waals surface area contributed by atoms with E-state index >= 15 is 0 Å². The van der Waals surface area contributed by atoms with Crippen LogP contribution in [-0.2, 0) is 11.3 Å². The molecule has 0 bridgehead atoms. The van der Waals surface area contributed by atoms with Crippen molar-refractivity contribution in [1.82, 2.24) is 4.98 Å². The van der Waals surface area contributed by atoms with E-state index in [1.165, 1.54) is 12.1 Å². The molecule has 6 nitrogen and oxygen atoms in total. The number of rotatable bonds is 5. The minimum Gasteiger partial charge on any atom is -0.450 e. The summed E-state index contributed by atoms with van der Waals surface area (Å²) in [6.07, 6.45) is -0.581. The van der Waals surface area contributed by atoms with E-state index in [1.54, 1.807) is 31.2 Å². The summed E-state index contributed by atoms with van der Waals surface area (Å²) in [5, 5.41) is 5.57. The standard InChI is InChI=1S/C15H17FN4O2.ClH/c1-2-22-15(21)19-12-7-8-13(20-14(12)17)18-9-10-3-5-11(16)6-4-10;/h3-8H,2,9H2,1H3,(H,19,21)(H3,17,18,20);1H. The average Bonchev–Trinajstić information content (AvgIpc) is 2.49. The SMILES string of the molecule is CCOC(=O)Nc1ccc(NCc2ccc(F)cc2)nc1N.Cl. The van der Waals surface area contributed by atoms with Crippen LogP contribution in [0.5, 0.6) is 0 Å². The van der Waals surface area contributed by atoms with Crippen LogP contribution in [0.25, 0.3) is 0 Å². The van der Waals surface area contributed by atoms with E-state index in [1.807, 2.05) is 0 Å². The molecular weight excluding hydrogens is 323 g/mol. The molecule has 0 fully saturated rings. The third kappa shape index (κ3) is 5.63. The Balaban J connectivity index is 0.00000264. The molecule has 1 heterocycles. The largest absolute Gasteiger partial charge is 0.450 e. The minimum absolute atomic E-state index is 0. The number of nitrogens with one attached hydrogen (secondary N) is 2. The Morgan fingerprint density at radius 2 is 1.96 bits per heavy atom. The summed E-state index contributed by atoms with van der Waals surface area (Å²) < 4.78 is 17.6. The van der Waals surface area contributed by atoms with E-state index in [-0.39, 0.29) is 30.6 Å². The Morgan fingerprint density at radius 1 is 1.26 bits per heavy atom. The monoisotopic (exact) mass is 340 g/mol. The summed E-state index contributed by atoms with van der Waals surface area (Å²) in [5.74, 6) is 0.453. The van der Waals surface area contributed by atoms with Gasteiger partial charge in [0.05, 0.1) is 12.3 Å². The zero-order valence-electron chi connectivity index (χ0n) is 12.5. The number of ether oxygens (including phenoxy) is 1. The Kier molecular flexibility index (Phi) is 7.08. The first-order valence-electron chi connectivity index (χ1n) is 6.77. The van der Waals surface area contributed by atoms with Gasteiger partial charge in [-0.2, -0.15) is 0 Å². The molecule has 1 amide bonds. The summed E-state index contributed by atoms with van der Waals surface area (Å²) in [7, 11) is 0. The van der Waals surface area contributed by atoms with Crippen LogP contribution >= 0.6 is 12.4 Å². The number of anilines is 3. The molecule has 4 N–H and O–H groups in total. The molecule has 0 unspecified atom stereocenters. The van der Waals surface area contributed by atoms with E-state index in [4.69, 9.17) is 10.5 Å². The van der Waals surface area contributed by atoms with Gasteiger partial charge in [0.25, 0.3) is 0 Å². The van der Waals surface area contributed by atoms with Gasteiger partial charge in [-0.25, -0.2) is 14.2 Å². The normalized spacial score (nSPS) is 9.65. The quantitative estimate of drug-likeness (QED) is 0.776. The number of carbonyl (C=O) groups is 1. The average molecular weight is 341 g/mol. The van der Waals surface area contributed by atoms with Crippen LogP contribution in [0.15, 0.2) is 36.4 Å². The van der Waals surface area contributed by atoms with Gasteiger partial charge in [-0.05, 0) is 36.8 Å². The van der Waals surface area contributed by atoms with Gasteiger partial charge in [0.1, 0.15) is 17.5 Å². The molecule has 0 aliphatic carbocycles. The number of nitrogens with zero attached hydrogens (tertiary/aromatic N) is 1. The molecule has 0 atom stereocenters. The highest BCUT2D eigenvalue weighted by atomic mass is 35.5. The van der Waals surface area contributed by atoms with E-state index in [0.717, 1.165) is 5.56 Å². The van der Waals surface area contributed by atoms with Gasteiger partial charge < -0.3 is 15.8 Å². The third-order valence-corrected chi connectivity index (χ3v) is 2.82. The van der Waals surface area contributed by atoms with Gasteiger partial charge in [-0.3, -0.25) is 5.32 Å². The van der Waals surface area contributed by atoms with Crippen molar-refractivity contribution >= 4 is 35.8 Å². The van der Waals surface area contributed by atoms with Crippen LogP contribution in [0.2, 0.25) is 0 Å². The van der Waals surface area contributed by atoms with Crippen LogP contribution in [0.3, 0.4) is 0 Å². The zero-order chi connectivity index (χ0) is 15.9. The number of benzene rings is 1. The first kappa shape index (κ1) is 18.5. The maximum absolute atomic E-state index is 12.8. The molecular formula is C15H18ClFN4O2. The number of amides is 1. The number of nitrogen functional groups attached to an aromatic ring is 1. The summed E-state index contributed by atoms with van der Waals surface area (Å²) in [4.78, 5) is 15.5. The van der Waals surface area contributed by atoms with Crippen molar-refractivity contribution in [3.63, 3.8) is 0 Å². The van der Waals surface area contributed by atoms with Gasteiger partial charge in [0, 0.05) is 6.54 Å². The smallest absolute Gasteiger partial charge is 0.411 e. The molecule has 0 spiro atoms. The Labute approximate surface area is 139 Å². The Bertz CT molecular complexity index is 652. The molecule has 8 heteroatoms. The fourth-order valence-corrected chi connectivity index (χ4v) is 1.75. The molecule has 2 aromatic rings. The van der Waals surface area contributed by atoms with E-state index < -0.39 is 6.09 Å². The van der Waals surface area contributed by atoms with Crippen LogP contribution in [0.4, 0.5) is 26.5 Å². The molecule has 0 saturated carbocycles. The Morgan fingerprint density at radius 3 is 2.57 bits per heavy atom.